The second-order valence-electron chi connectivity index (χ2n) is 10.5. The van der Waals surface area contributed by atoms with Gasteiger partial charge in [0.2, 0.25) is 23.6 Å². The van der Waals surface area contributed by atoms with E-state index in [2.05, 4.69) is 36.9 Å². The van der Waals surface area contributed by atoms with Gasteiger partial charge in [0.25, 0.3) is 0 Å². The average Bonchev–Trinajstić information content (AvgIpc) is 3.64. The maximum Gasteiger partial charge on any atom is 0.250 e. The predicted molar refractivity (Wildman–Crippen MR) is 154 cm³/mol. The maximum absolute atomic E-state index is 14.2. The third-order valence-electron chi connectivity index (χ3n) is 8.24. The molecule has 4 N–H and O–H groups in total. The van der Waals surface area contributed by atoms with Crippen LogP contribution in [0.15, 0.2) is 77.4 Å². The van der Waals surface area contributed by atoms with Crippen LogP contribution in [0.25, 0.3) is 10.9 Å². The summed E-state index contributed by atoms with van der Waals surface area (Å²) in [7, 11) is 0. The number of carbonyl (C=O) groups is 4. The molecule has 4 aromatic rings. The number of fused-ring (bicyclic) bond motifs is 5. The average molecular weight is 598 g/mol. The minimum Gasteiger partial charge on any atom is -0.361 e. The van der Waals surface area contributed by atoms with Crippen LogP contribution in [0.3, 0.4) is 0 Å². The van der Waals surface area contributed by atoms with Gasteiger partial charge in [-0.15, -0.1) is 0 Å². The van der Waals surface area contributed by atoms with Crippen molar-refractivity contribution in [3.05, 3.63) is 88.5 Å². The second kappa shape index (κ2) is 8.87. The van der Waals surface area contributed by atoms with Crippen LogP contribution in [0.5, 0.6) is 0 Å². The highest BCUT2D eigenvalue weighted by Crippen LogP contribution is 2.54. The van der Waals surface area contributed by atoms with Gasteiger partial charge in [0.15, 0.2) is 0 Å². The molecule has 4 atom stereocenters. The van der Waals surface area contributed by atoms with Crippen molar-refractivity contribution >= 4 is 67.5 Å². The molecule has 1 spiro atoms. The van der Waals surface area contributed by atoms with Crippen LogP contribution in [0.4, 0.5) is 17.1 Å². The van der Waals surface area contributed by atoms with Gasteiger partial charge in [-0.1, -0.05) is 34.1 Å². The molecule has 10 heteroatoms. The largest absolute Gasteiger partial charge is 0.361 e. The fourth-order valence-corrected chi connectivity index (χ4v) is 7.00. The number of nitrogens with zero attached hydrogens (tertiary/aromatic N) is 1. The topological polar surface area (TPSA) is 123 Å². The third kappa shape index (κ3) is 3.49. The minimum absolute atomic E-state index is 0.221. The molecule has 3 aliphatic heterocycles. The first-order chi connectivity index (χ1) is 19.3. The van der Waals surface area contributed by atoms with Crippen molar-refractivity contribution in [3.8, 4) is 0 Å². The molecule has 200 valence electrons. The minimum atomic E-state index is -1.40. The Morgan fingerprint density at radius 2 is 1.80 bits per heavy atom. The van der Waals surface area contributed by atoms with Gasteiger partial charge in [-0.05, 0) is 60.5 Å². The molecule has 3 aliphatic rings. The van der Waals surface area contributed by atoms with Gasteiger partial charge in [0, 0.05) is 51.5 Å². The Kier molecular flexibility index (Phi) is 5.48. The highest BCUT2D eigenvalue weighted by atomic mass is 79.9. The lowest BCUT2D eigenvalue weighted by Gasteiger charge is -2.29. The Morgan fingerprint density at radius 1 is 1.02 bits per heavy atom. The summed E-state index contributed by atoms with van der Waals surface area (Å²) in [5.74, 6) is -3.07. The van der Waals surface area contributed by atoms with Gasteiger partial charge in [-0.25, -0.2) is 4.90 Å². The number of nitrogens with one attached hydrogen (secondary N) is 4. The van der Waals surface area contributed by atoms with Crippen molar-refractivity contribution in [1.82, 2.24) is 10.3 Å². The zero-order valence-corrected chi connectivity index (χ0v) is 22.9. The van der Waals surface area contributed by atoms with E-state index in [-0.39, 0.29) is 17.7 Å². The van der Waals surface area contributed by atoms with Crippen molar-refractivity contribution in [3.63, 3.8) is 0 Å². The summed E-state index contributed by atoms with van der Waals surface area (Å²) >= 11 is 3.51. The van der Waals surface area contributed by atoms with Crippen LogP contribution >= 0.6 is 15.9 Å². The Balaban J connectivity index is 1.34. The predicted octanol–water partition coefficient (Wildman–Crippen LogP) is 4.06. The zero-order valence-electron chi connectivity index (χ0n) is 21.3. The number of benzene rings is 3. The monoisotopic (exact) mass is 597 g/mol. The number of carbonyl (C=O) groups excluding carboxylic acids is 4. The molecule has 2 fully saturated rings. The molecule has 4 amide bonds. The van der Waals surface area contributed by atoms with E-state index in [4.69, 9.17) is 0 Å². The fraction of sp³-hybridized carbons (Fsp3) is 0.200. The molecule has 0 aliphatic carbocycles. The Morgan fingerprint density at radius 3 is 2.58 bits per heavy atom. The highest BCUT2D eigenvalue weighted by Gasteiger charge is 2.70. The molecule has 0 bridgehead atoms. The number of rotatable bonds is 4. The number of amides is 4. The first-order valence-electron chi connectivity index (χ1n) is 13.0. The number of hydrogen-bond acceptors (Lipinski definition) is 5. The molecule has 2 saturated heterocycles. The molecule has 0 saturated carbocycles. The van der Waals surface area contributed by atoms with Gasteiger partial charge in [-0.2, -0.15) is 0 Å². The number of aromatic nitrogens is 1. The van der Waals surface area contributed by atoms with Crippen molar-refractivity contribution in [2.75, 3.05) is 15.5 Å². The number of hydrogen-bond donors (Lipinski definition) is 4. The first kappa shape index (κ1) is 24.7. The van der Waals surface area contributed by atoms with E-state index >= 15 is 0 Å². The van der Waals surface area contributed by atoms with Gasteiger partial charge < -0.3 is 15.6 Å². The fourth-order valence-electron chi connectivity index (χ4n) is 6.64. The highest BCUT2D eigenvalue weighted by molar-refractivity contribution is 9.10. The van der Waals surface area contributed by atoms with Crippen LogP contribution in [0.2, 0.25) is 0 Å². The summed E-state index contributed by atoms with van der Waals surface area (Å²) in [6.07, 6.45) is 2.36. The van der Waals surface area contributed by atoms with Crippen LogP contribution in [0, 0.1) is 11.8 Å². The molecule has 0 radical (unpaired) electrons. The van der Waals surface area contributed by atoms with Crippen LogP contribution < -0.4 is 20.9 Å². The molecular weight excluding hydrogens is 574 g/mol. The van der Waals surface area contributed by atoms with Crippen molar-refractivity contribution in [1.29, 1.82) is 0 Å². The standard InChI is InChI=1S/C30H24BrN5O4/c1-15(37)33-18-7-9-19(10-8-18)36-27(38)25-24(12-16-14-32-22-5-3-2-4-20(16)22)35-30(26(25)28(36)39)21-13-17(31)6-11-23(21)34-29(30)40/h2-11,13-14,24-26,32,35H,12H2,1H3,(H,33,37)(H,34,40)/t24-,25-,26-,30+/m0/s1. The lowest BCUT2D eigenvalue weighted by molar-refractivity contribution is -0.130. The lowest BCUT2D eigenvalue weighted by atomic mass is 9.76. The number of H-pyrrole nitrogens is 1. The van der Waals surface area contributed by atoms with E-state index in [9.17, 15) is 19.2 Å². The molecule has 1 aromatic heterocycles. The zero-order chi connectivity index (χ0) is 27.8. The first-order valence-corrected chi connectivity index (χ1v) is 13.8. The van der Waals surface area contributed by atoms with Crippen molar-refractivity contribution in [2.45, 2.75) is 24.9 Å². The van der Waals surface area contributed by atoms with E-state index in [1.54, 1.807) is 30.3 Å². The van der Waals surface area contributed by atoms with Gasteiger partial charge in [0.05, 0.1) is 17.5 Å². The third-order valence-corrected chi connectivity index (χ3v) is 8.73. The van der Waals surface area contributed by atoms with E-state index in [0.717, 1.165) is 20.9 Å². The smallest absolute Gasteiger partial charge is 0.250 e. The van der Waals surface area contributed by atoms with E-state index < -0.39 is 29.3 Å². The number of halogens is 1. The molecule has 9 nitrogen and oxygen atoms in total. The number of imide groups is 1. The van der Waals surface area contributed by atoms with Crippen LogP contribution in [-0.2, 0) is 31.1 Å². The van der Waals surface area contributed by atoms with Gasteiger partial charge >= 0.3 is 0 Å². The Bertz CT molecular complexity index is 1750. The van der Waals surface area contributed by atoms with Crippen LogP contribution in [0.1, 0.15) is 18.1 Å². The van der Waals surface area contributed by atoms with Gasteiger partial charge in [0.1, 0.15) is 5.54 Å². The number of para-hydroxylation sites is 1. The number of aromatic amines is 1. The van der Waals surface area contributed by atoms with E-state index in [1.165, 1.54) is 11.8 Å². The SMILES string of the molecule is CC(=O)Nc1ccc(N2C(=O)[C@H]3[C@H](Cc4c[nH]c5ccccc45)N[C@@]4(C(=O)Nc5ccc(Br)cc54)[C@@H]3C2=O)cc1. The molecular formula is C30H24BrN5O4. The van der Waals surface area contributed by atoms with Crippen LogP contribution in [-0.4, -0.2) is 34.7 Å². The summed E-state index contributed by atoms with van der Waals surface area (Å²) in [5, 5.41) is 10.2. The van der Waals surface area contributed by atoms with Crippen molar-refractivity contribution < 1.29 is 19.2 Å². The molecule has 7 rings (SSSR count). The van der Waals surface area contributed by atoms with E-state index in [0.29, 0.717) is 29.0 Å². The lowest BCUT2D eigenvalue weighted by Crippen LogP contribution is -2.53. The maximum atomic E-state index is 14.2. The summed E-state index contributed by atoms with van der Waals surface area (Å²) < 4.78 is 0.766. The summed E-state index contributed by atoms with van der Waals surface area (Å²) in [6, 6.07) is 19.5. The van der Waals surface area contributed by atoms with Crippen molar-refractivity contribution in [2.24, 2.45) is 11.8 Å². The van der Waals surface area contributed by atoms with E-state index in [1.807, 2.05) is 42.6 Å². The molecule has 40 heavy (non-hydrogen) atoms. The molecule has 4 heterocycles. The Labute approximate surface area is 237 Å². The molecule has 3 aromatic carbocycles. The number of anilines is 3. The summed E-state index contributed by atoms with van der Waals surface area (Å²) in [5.41, 5.74) is 2.78. The van der Waals surface area contributed by atoms with Gasteiger partial charge in [-0.3, -0.25) is 24.5 Å². The summed E-state index contributed by atoms with van der Waals surface area (Å²) in [4.78, 5) is 58.1. The molecule has 0 unspecified atom stereocenters. The quantitative estimate of drug-likeness (QED) is 0.264. The normalized spacial score (nSPS) is 25.0. The Hall–Kier alpha value is -4.28. The second-order valence-corrected chi connectivity index (χ2v) is 11.4. The summed E-state index contributed by atoms with van der Waals surface area (Å²) in [6.45, 7) is 1.41.